The van der Waals surface area contributed by atoms with Gasteiger partial charge in [0.05, 0.1) is 44.1 Å². The van der Waals surface area contributed by atoms with Crippen molar-refractivity contribution in [1.82, 2.24) is 51.0 Å². The van der Waals surface area contributed by atoms with E-state index in [4.69, 9.17) is 19.9 Å². The molecule has 0 saturated carbocycles. The fourth-order valence-electron chi connectivity index (χ4n) is 10.1. The molecular formula is C58H62N10. The summed E-state index contributed by atoms with van der Waals surface area (Å²) in [5, 5.41) is 23.9. The van der Waals surface area contributed by atoms with Crippen LogP contribution in [0.25, 0.3) is 87.2 Å². The molecule has 68 heavy (non-hydrogen) atoms. The van der Waals surface area contributed by atoms with Crippen LogP contribution in [0, 0.1) is 0 Å². The molecular weight excluding hydrogens is 837 g/mol. The summed E-state index contributed by atoms with van der Waals surface area (Å²) < 4.78 is 0. The van der Waals surface area contributed by atoms with Gasteiger partial charge in [-0.3, -0.25) is 0 Å². The van der Waals surface area contributed by atoms with Crippen LogP contribution in [-0.4, -0.2) is 96.2 Å². The smallest absolute Gasteiger partial charge is 0.0972 e. The molecule has 20 bridgehead atoms. The number of nitrogens with zero attached hydrogens (tertiary/aromatic N) is 6. The summed E-state index contributed by atoms with van der Waals surface area (Å²) in [6, 6.07) is 44.5. The Morgan fingerprint density at radius 3 is 0.809 bits per heavy atom. The predicted octanol–water partition coefficient (Wildman–Crippen LogP) is 9.99. The molecule has 10 aromatic rings. The van der Waals surface area contributed by atoms with Crippen LogP contribution in [0.3, 0.4) is 0 Å². The van der Waals surface area contributed by atoms with Crippen molar-refractivity contribution in [2.45, 2.75) is 51.9 Å². The highest BCUT2D eigenvalue weighted by Crippen LogP contribution is 2.31. The van der Waals surface area contributed by atoms with Gasteiger partial charge in [-0.05, 0) is 187 Å². The molecule has 0 fully saturated rings. The van der Waals surface area contributed by atoms with Gasteiger partial charge in [0.1, 0.15) is 0 Å². The third-order valence-electron chi connectivity index (χ3n) is 13.9. The van der Waals surface area contributed by atoms with Crippen LogP contribution in [0.15, 0.2) is 121 Å². The summed E-state index contributed by atoms with van der Waals surface area (Å²) in [5.41, 5.74) is 13.0. The minimum Gasteiger partial charge on any atom is -0.313 e. The van der Waals surface area contributed by atoms with Crippen molar-refractivity contribution in [1.29, 1.82) is 0 Å². The first-order valence-corrected chi connectivity index (χ1v) is 24.8. The molecule has 6 aromatic carbocycles. The van der Waals surface area contributed by atoms with Gasteiger partial charge < -0.3 is 31.1 Å². The van der Waals surface area contributed by atoms with Gasteiger partial charge in [0, 0.05) is 69.3 Å². The number of nitrogens with one attached hydrogen (secondary N) is 4. The van der Waals surface area contributed by atoms with E-state index in [-0.39, 0.29) is 0 Å². The van der Waals surface area contributed by atoms with Crippen molar-refractivity contribution in [3.05, 3.63) is 144 Å². The summed E-state index contributed by atoms with van der Waals surface area (Å²) in [6.07, 6.45) is 4.43. The van der Waals surface area contributed by atoms with Gasteiger partial charge in [-0.15, -0.1) is 0 Å². The second kappa shape index (κ2) is 20.2. The molecule has 0 radical (unpaired) electrons. The summed E-state index contributed by atoms with van der Waals surface area (Å²) in [4.78, 5) is 25.6. The van der Waals surface area contributed by atoms with Gasteiger partial charge in [0.25, 0.3) is 0 Å². The van der Waals surface area contributed by atoms with E-state index in [0.29, 0.717) is 0 Å². The zero-order valence-corrected chi connectivity index (χ0v) is 39.5. The number of benzene rings is 6. The van der Waals surface area contributed by atoms with Crippen LogP contribution in [0.4, 0.5) is 0 Å². The van der Waals surface area contributed by atoms with Gasteiger partial charge in [-0.25, -0.2) is 19.9 Å². The predicted molar refractivity (Wildman–Crippen MR) is 284 cm³/mol. The molecule has 0 amide bonds. The van der Waals surface area contributed by atoms with E-state index in [2.05, 4.69) is 166 Å². The Labute approximate surface area is 398 Å². The van der Waals surface area contributed by atoms with Gasteiger partial charge in [-0.1, -0.05) is 48.5 Å². The molecule has 4 N–H and O–H groups in total. The highest BCUT2D eigenvalue weighted by atomic mass is 15.1. The lowest BCUT2D eigenvalue weighted by atomic mass is 10.0. The van der Waals surface area contributed by atoms with E-state index in [1.54, 1.807) is 0 Å². The first kappa shape index (κ1) is 44.3. The lowest BCUT2D eigenvalue weighted by Gasteiger charge is -2.17. The topological polar surface area (TPSA) is 106 Å². The third-order valence-corrected chi connectivity index (χ3v) is 13.9. The Bertz CT molecular complexity index is 2990. The van der Waals surface area contributed by atoms with Crippen LogP contribution in [0.2, 0.25) is 0 Å². The number of hydrogen-bond acceptors (Lipinski definition) is 10. The van der Waals surface area contributed by atoms with Crippen LogP contribution >= 0.6 is 0 Å². The lowest BCUT2D eigenvalue weighted by Crippen LogP contribution is -2.27. The molecule has 0 aliphatic carbocycles. The summed E-state index contributed by atoms with van der Waals surface area (Å²) in [5.74, 6) is 0. The number of hydrogen-bond donors (Lipinski definition) is 4. The van der Waals surface area contributed by atoms with Crippen LogP contribution in [0.5, 0.6) is 0 Å². The fraction of sp³-hybridized carbons (Fsp3) is 0.310. The molecule has 10 heteroatoms. The maximum Gasteiger partial charge on any atom is 0.0972 e. The number of rotatable bonds is 0. The van der Waals surface area contributed by atoms with Gasteiger partial charge in [0.2, 0.25) is 0 Å². The van der Waals surface area contributed by atoms with Crippen molar-refractivity contribution in [3.63, 3.8) is 0 Å². The minimum absolute atomic E-state index is 0.840. The van der Waals surface area contributed by atoms with Crippen LogP contribution in [0.1, 0.15) is 47.9 Å². The van der Waals surface area contributed by atoms with Crippen molar-refractivity contribution in [2.75, 3.05) is 66.5 Å². The Morgan fingerprint density at radius 2 is 0.559 bits per heavy atom. The summed E-state index contributed by atoms with van der Waals surface area (Å²) >= 11 is 0. The zero-order chi connectivity index (χ0) is 45.8. The summed E-state index contributed by atoms with van der Waals surface area (Å²) in [6.45, 7) is 11.6. The van der Waals surface area contributed by atoms with E-state index in [1.807, 2.05) is 0 Å². The normalized spacial score (nSPS) is 16.9. The highest BCUT2D eigenvalue weighted by molar-refractivity contribution is 6.10. The molecule has 0 spiro atoms. The second-order valence-electron chi connectivity index (χ2n) is 19.2. The fourth-order valence-corrected chi connectivity index (χ4v) is 10.1. The molecule has 4 aromatic heterocycles. The molecule has 344 valence electrons. The maximum atomic E-state index is 5.17. The minimum atomic E-state index is 0.840. The van der Waals surface area contributed by atoms with E-state index < -0.39 is 0 Å². The molecule has 0 saturated heterocycles. The van der Waals surface area contributed by atoms with Crippen molar-refractivity contribution >= 4 is 87.2 Å². The largest absolute Gasteiger partial charge is 0.313 e. The zero-order valence-electron chi connectivity index (χ0n) is 39.5. The Balaban J connectivity index is 0.764. The van der Waals surface area contributed by atoms with Gasteiger partial charge in [0.15, 0.2) is 0 Å². The van der Waals surface area contributed by atoms with E-state index in [1.165, 1.54) is 22.3 Å². The first-order valence-electron chi connectivity index (χ1n) is 24.8. The monoisotopic (exact) mass is 899 g/mol. The molecule has 25 rings (SSSR count). The average Bonchev–Trinajstić information content (AvgIpc) is 3.35. The molecule has 10 nitrogen and oxygen atoms in total. The first-order chi connectivity index (χ1) is 33.5. The van der Waals surface area contributed by atoms with Crippen LogP contribution < -0.4 is 21.3 Å². The second-order valence-corrected chi connectivity index (χ2v) is 19.2. The Kier molecular flexibility index (Phi) is 13.1. The van der Waals surface area contributed by atoms with Gasteiger partial charge in [-0.2, -0.15) is 0 Å². The molecule has 15 aliphatic rings. The van der Waals surface area contributed by atoms with Gasteiger partial charge >= 0.3 is 0 Å². The molecule has 0 unspecified atom stereocenters. The van der Waals surface area contributed by atoms with Crippen LogP contribution in [-0.2, 0) is 26.2 Å². The standard InChI is InChI=1S/C58H62N10/c1-67-23-3-19-59-35-39-7-15-51-47(27-39)31-43-11-13-45-33-49-29-41(9-17-53(49)65-57(45)55(43)63-51)37-61-21-5-25-68(2)26-6-22-62-38-42-10-18-54-50(30-42)34-46-14-12-44-32-48-28-40(36-60-20-4-24-67)8-16-52(48)64-56(44)58(46)66-54/h7-18,27-34,59-62H,3-6,19-26,35-38H2,1-2H3. The maximum absolute atomic E-state index is 5.17. The lowest BCUT2D eigenvalue weighted by molar-refractivity contribution is 0.320. The van der Waals surface area contributed by atoms with Crippen molar-refractivity contribution in [3.8, 4) is 0 Å². The van der Waals surface area contributed by atoms with E-state index >= 15 is 0 Å². The number of pyridine rings is 4. The van der Waals surface area contributed by atoms with E-state index in [9.17, 15) is 0 Å². The van der Waals surface area contributed by atoms with E-state index in [0.717, 1.165) is 191 Å². The Morgan fingerprint density at radius 1 is 0.309 bits per heavy atom. The third kappa shape index (κ3) is 9.98. The summed E-state index contributed by atoms with van der Waals surface area (Å²) in [7, 11) is 4.47. The van der Waals surface area contributed by atoms with Crippen molar-refractivity contribution < 1.29 is 0 Å². The molecule has 15 aliphatic heterocycles. The molecule has 19 heterocycles. The molecule has 0 atom stereocenters. The van der Waals surface area contributed by atoms with Crippen molar-refractivity contribution in [2.24, 2.45) is 0 Å². The SMILES string of the molecule is CN1CCCNCc2ccc3nc4c(ccc5cc6cc(ccc6nc54)CNCCCN(C)CCCNCc4ccc5nc6c(ccc7cc8cc(ccc8nc76)CNCCC1)cc5c4)cc3c2. The highest BCUT2D eigenvalue weighted by Gasteiger charge is 2.12. The Hall–Kier alpha value is -6.24. The quantitative estimate of drug-likeness (QED) is 0.0869. The number of aromatic nitrogens is 4. The average molecular weight is 899 g/mol.